The van der Waals surface area contributed by atoms with Gasteiger partial charge in [-0.05, 0) is 43.1 Å². The minimum atomic E-state index is -0.652. The summed E-state index contributed by atoms with van der Waals surface area (Å²) in [7, 11) is 0. The minimum absolute atomic E-state index is 0.160. The molecule has 2 rings (SSSR count). The first-order chi connectivity index (χ1) is 8.59. The van der Waals surface area contributed by atoms with Gasteiger partial charge in [-0.25, -0.2) is 0 Å². The Morgan fingerprint density at radius 3 is 2.78 bits per heavy atom. The fourth-order valence-electron chi connectivity index (χ4n) is 3.00. The molecule has 1 saturated carbocycles. The molecule has 2 N–H and O–H groups in total. The lowest BCUT2D eigenvalue weighted by atomic mass is 9.82. The van der Waals surface area contributed by atoms with Gasteiger partial charge in [-0.1, -0.05) is 19.8 Å². The van der Waals surface area contributed by atoms with Crippen molar-refractivity contribution in [2.75, 3.05) is 18.1 Å². The monoisotopic (exact) mass is 271 g/mol. The average Bonchev–Trinajstić information content (AvgIpc) is 2.37. The zero-order chi connectivity index (χ0) is 13.0. The fraction of sp³-hybridized carbons (Fsp3) is 0.929. The Morgan fingerprint density at radius 1 is 1.39 bits per heavy atom. The van der Waals surface area contributed by atoms with E-state index in [9.17, 15) is 9.90 Å². The van der Waals surface area contributed by atoms with E-state index in [1.807, 2.05) is 11.8 Å². The largest absolute Gasteiger partial charge is 0.388 e. The summed E-state index contributed by atoms with van der Waals surface area (Å²) < 4.78 is 0. The molecule has 0 aromatic heterocycles. The van der Waals surface area contributed by atoms with Gasteiger partial charge in [0, 0.05) is 12.5 Å². The molecule has 1 aliphatic carbocycles. The molecule has 104 valence electrons. The van der Waals surface area contributed by atoms with Crippen LogP contribution in [0.25, 0.3) is 0 Å². The highest BCUT2D eigenvalue weighted by atomic mass is 32.2. The van der Waals surface area contributed by atoms with E-state index in [1.54, 1.807) is 0 Å². The van der Waals surface area contributed by atoms with Gasteiger partial charge in [0.15, 0.2) is 0 Å². The molecule has 18 heavy (non-hydrogen) atoms. The van der Waals surface area contributed by atoms with Crippen molar-refractivity contribution >= 4 is 17.7 Å². The molecule has 4 heteroatoms. The van der Waals surface area contributed by atoms with Crippen LogP contribution in [0.2, 0.25) is 0 Å². The summed E-state index contributed by atoms with van der Waals surface area (Å²) >= 11 is 1.89. The number of nitrogens with one attached hydrogen (secondary N) is 1. The summed E-state index contributed by atoms with van der Waals surface area (Å²) in [6.45, 7) is 2.67. The van der Waals surface area contributed by atoms with Gasteiger partial charge in [0.1, 0.15) is 0 Å². The van der Waals surface area contributed by atoms with Crippen molar-refractivity contribution < 1.29 is 9.90 Å². The Labute approximate surface area is 114 Å². The van der Waals surface area contributed by atoms with Crippen molar-refractivity contribution in [2.45, 2.75) is 51.0 Å². The Balaban J connectivity index is 1.76. The van der Waals surface area contributed by atoms with Crippen LogP contribution in [-0.4, -0.2) is 34.7 Å². The van der Waals surface area contributed by atoms with E-state index in [-0.39, 0.29) is 11.8 Å². The van der Waals surface area contributed by atoms with E-state index in [0.29, 0.717) is 12.5 Å². The Hall–Kier alpha value is -0.220. The van der Waals surface area contributed by atoms with Gasteiger partial charge in [0.25, 0.3) is 0 Å². The van der Waals surface area contributed by atoms with Gasteiger partial charge in [-0.2, -0.15) is 11.8 Å². The first kappa shape index (κ1) is 14.2. The number of hydrogen-bond acceptors (Lipinski definition) is 3. The molecule has 1 heterocycles. The molecule has 0 radical (unpaired) electrons. The standard InChI is InChI=1S/C14H25NO2S/c1-11-3-2-4-12(9-11)13(16)15-10-14(17)5-7-18-8-6-14/h11-12,17H,2-10H2,1H3,(H,15,16). The van der Waals surface area contributed by atoms with Crippen LogP contribution < -0.4 is 5.32 Å². The van der Waals surface area contributed by atoms with Crippen molar-refractivity contribution in [3.8, 4) is 0 Å². The number of thioether (sulfide) groups is 1. The zero-order valence-corrected chi connectivity index (χ0v) is 12.1. The summed E-state index contributed by atoms with van der Waals surface area (Å²) in [5.74, 6) is 3.02. The summed E-state index contributed by atoms with van der Waals surface area (Å²) in [5.41, 5.74) is -0.652. The van der Waals surface area contributed by atoms with Gasteiger partial charge < -0.3 is 10.4 Å². The Morgan fingerprint density at radius 2 is 2.11 bits per heavy atom. The summed E-state index contributed by atoms with van der Waals surface area (Å²) in [6.07, 6.45) is 6.06. The second kappa shape index (κ2) is 6.29. The number of carbonyl (C=O) groups is 1. The molecule has 1 saturated heterocycles. The van der Waals surface area contributed by atoms with Crippen molar-refractivity contribution in [3.05, 3.63) is 0 Å². The van der Waals surface area contributed by atoms with Crippen molar-refractivity contribution in [1.29, 1.82) is 0 Å². The number of rotatable bonds is 3. The number of amides is 1. The fourth-order valence-corrected chi connectivity index (χ4v) is 4.25. The molecular formula is C14H25NO2S. The van der Waals surface area contributed by atoms with Gasteiger partial charge >= 0.3 is 0 Å². The summed E-state index contributed by atoms with van der Waals surface area (Å²) in [4.78, 5) is 12.1. The molecule has 2 aliphatic rings. The molecule has 1 amide bonds. The van der Waals surface area contributed by atoms with Gasteiger partial charge in [0.2, 0.25) is 5.91 Å². The maximum atomic E-state index is 12.1. The lowest BCUT2D eigenvalue weighted by molar-refractivity contribution is -0.127. The summed E-state index contributed by atoms with van der Waals surface area (Å²) in [6, 6.07) is 0. The van der Waals surface area contributed by atoms with E-state index in [2.05, 4.69) is 12.2 Å². The Bertz CT molecular complexity index is 290. The van der Waals surface area contributed by atoms with Gasteiger partial charge in [-0.15, -0.1) is 0 Å². The maximum Gasteiger partial charge on any atom is 0.223 e. The van der Waals surface area contributed by atoms with Gasteiger partial charge in [0.05, 0.1) is 5.60 Å². The van der Waals surface area contributed by atoms with E-state index in [4.69, 9.17) is 0 Å². The van der Waals surface area contributed by atoms with E-state index < -0.39 is 5.60 Å². The van der Waals surface area contributed by atoms with E-state index >= 15 is 0 Å². The third-order valence-corrected chi connectivity index (χ3v) is 5.31. The van der Waals surface area contributed by atoms with Crippen LogP contribution >= 0.6 is 11.8 Å². The maximum absolute atomic E-state index is 12.1. The van der Waals surface area contributed by atoms with Crippen LogP contribution in [0.3, 0.4) is 0 Å². The minimum Gasteiger partial charge on any atom is -0.388 e. The normalized spacial score (nSPS) is 31.9. The number of hydrogen-bond donors (Lipinski definition) is 2. The van der Waals surface area contributed by atoms with E-state index in [0.717, 1.165) is 37.2 Å². The highest BCUT2D eigenvalue weighted by molar-refractivity contribution is 7.99. The number of aliphatic hydroxyl groups is 1. The molecule has 1 aliphatic heterocycles. The van der Waals surface area contributed by atoms with E-state index in [1.165, 1.54) is 12.8 Å². The molecule has 2 unspecified atom stereocenters. The zero-order valence-electron chi connectivity index (χ0n) is 11.3. The van der Waals surface area contributed by atoms with Crippen LogP contribution in [0.1, 0.15) is 45.4 Å². The topological polar surface area (TPSA) is 49.3 Å². The quantitative estimate of drug-likeness (QED) is 0.827. The lowest BCUT2D eigenvalue weighted by Crippen LogP contribution is -2.47. The van der Waals surface area contributed by atoms with Crippen molar-refractivity contribution in [1.82, 2.24) is 5.32 Å². The third kappa shape index (κ3) is 3.89. The molecule has 3 nitrogen and oxygen atoms in total. The molecule has 2 atom stereocenters. The predicted octanol–water partition coefficient (Wildman–Crippen LogP) is 2.19. The molecular weight excluding hydrogens is 246 g/mol. The molecule has 0 spiro atoms. The average molecular weight is 271 g/mol. The first-order valence-electron chi connectivity index (χ1n) is 7.17. The second-order valence-corrected chi connectivity index (χ2v) is 7.25. The van der Waals surface area contributed by atoms with Crippen molar-refractivity contribution in [2.24, 2.45) is 11.8 Å². The lowest BCUT2D eigenvalue weighted by Gasteiger charge is -2.33. The Kier molecular flexibility index (Phi) is 4.96. The van der Waals surface area contributed by atoms with Crippen LogP contribution in [0.5, 0.6) is 0 Å². The second-order valence-electron chi connectivity index (χ2n) is 6.02. The first-order valence-corrected chi connectivity index (χ1v) is 8.32. The summed E-state index contributed by atoms with van der Waals surface area (Å²) in [5, 5.41) is 13.3. The van der Waals surface area contributed by atoms with Gasteiger partial charge in [-0.3, -0.25) is 4.79 Å². The van der Waals surface area contributed by atoms with Crippen LogP contribution in [-0.2, 0) is 4.79 Å². The highest BCUT2D eigenvalue weighted by Gasteiger charge is 2.31. The molecule has 0 aromatic rings. The molecule has 2 fully saturated rings. The number of carbonyl (C=O) groups excluding carboxylic acids is 1. The smallest absolute Gasteiger partial charge is 0.223 e. The van der Waals surface area contributed by atoms with Crippen LogP contribution in [0, 0.1) is 11.8 Å². The predicted molar refractivity (Wildman–Crippen MR) is 75.6 cm³/mol. The van der Waals surface area contributed by atoms with Crippen LogP contribution in [0.4, 0.5) is 0 Å². The van der Waals surface area contributed by atoms with Crippen molar-refractivity contribution in [3.63, 3.8) is 0 Å². The molecule has 0 bridgehead atoms. The third-order valence-electron chi connectivity index (χ3n) is 4.32. The SMILES string of the molecule is CC1CCCC(C(=O)NCC2(O)CCSCC2)C1. The van der Waals surface area contributed by atoms with Crippen LogP contribution in [0.15, 0.2) is 0 Å². The highest BCUT2D eigenvalue weighted by Crippen LogP contribution is 2.29. The molecule has 0 aromatic carbocycles.